The molecule has 1 radical (unpaired) electrons. The van der Waals surface area contributed by atoms with E-state index in [1.807, 2.05) is 45.9 Å². The van der Waals surface area contributed by atoms with E-state index in [4.69, 9.17) is 0 Å². The zero-order chi connectivity index (χ0) is 11.5. The van der Waals surface area contributed by atoms with Crippen molar-refractivity contribution in [3.8, 4) is 0 Å². The number of hydrogen-bond acceptors (Lipinski definition) is 2. The molecule has 81 valence electrons. The molecule has 0 aliphatic rings. The van der Waals surface area contributed by atoms with Crippen LogP contribution < -0.4 is 0 Å². The van der Waals surface area contributed by atoms with Crippen LogP contribution in [0.3, 0.4) is 0 Å². The fourth-order valence-electron chi connectivity index (χ4n) is 0.858. The van der Waals surface area contributed by atoms with Crippen molar-refractivity contribution in [2.45, 2.75) is 32.4 Å². The molecule has 0 amide bonds. The van der Waals surface area contributed by atoms with E-state index in [-0.39, 0.29) is 4.75 Å². The van der Waals surface area contributed by atoms with Crippen molar-refractivity contribution in [3.63, 3.8) is 0 Å². The van der Waals surface area contributed by atoms with Gasteiger partial charge in [-0.1, -0.05) is 28.2 Å². The van der Waals surface area contributed by atoms with Crippen LogP contribution in [0, 0.1) is 13.0 Å². The normalized spacial score (nSPS) is 14.5. The summed E-state index contributed by atoms with van der Waals surface area (Å²) in [7, 11) is 0. The van der Waals surface area contributed by atoms with Gasteiger partial charge in [0.1, 0.15) is 16.1 Å². The minimum atomic E-state index is -1.19. The standard InChI is InChI=1S/C12H16NOS/c1-10-5-7-11(8-6-10)9-13-15(14)12(2,3)4/h5-7,9H,1-4H3/b13-9+/t15-/m0/s1. The summed E-state index contributed by atoms with van der Waals surface area (Å²) in [6.07, 6.45) is 1.61. The highest BCUT2D eigenvalue weighted by molar-refractivity contribution is 7.91. The van der Waals surface area contributed by atoms with Gasteiger partial charge in [-0.15, -0.1) is 0 Å². The average molecular weight is 222 g/mol. The van der Waals surface area contributed by atoms with Gasteiger partial charge in [-0.2, -0.15) is 0 Å². The Balaban J connectivity index is 2.70. The van der Waals surface area contributed by atoms with Crippen molar-refractivity contribution in [2.75, 3.05) is 0 Å². The van der Waals surface area contributed by atoms with Crippen LogP contribution in [0.5, 0.6) is 0 Å². The van der Waals surface area contributed by atoms with E-state index < -0.39 is 11.4 Å². The highest BCUT2D eigenvalue weighted by Gasteiger charge is 2.25. The molecule has 0 aliphatic carbocycles. The molecule has 0 saturated carbocycles. The van der Waals surface area contributed by atoms with E-state index in [0.717, 1.165) is 11.1 Å². The van der Waals surface area contributed by atoms with Crippen LogP contribution in [0.15, 0.2) is 22.6 Å². The summed E-state index contributed by atoms with van der Waals surface area (Å²) in [5, 5.41) is 0. The van der Waals surface area contributed by atoms with Gasteiger partial charge in [0.2, 0.25) is 0 Å². The summed E-state index contributed by atoms with van der Waals surface area (Å²) in [5.41, 5.74) is 2.02. The molecule has 0 saturated heterocycles. The largest absolute Gasteiger partial charge is 0.591 e. The minimum Gasteiger partial charge on any atom is -0.591 e. The Labute approximate surface area is 94.7 Å². The van der Waals surface area contributed by atoms with Gasteiger partial charge < -0.3 is 4.55 Å². The molecule has 3 heteroatoms. The van der Waals surface area contributed by atoms with Crippen molar-refractivity contribution in [1.82, 2.24) is 0 Å². The Kier molecular flexibility index (Phi) is 3.94. The van der Waals surface area contributed by atoms with E-state index in [1.54, 1.807) is 6.21 Å². The van der Waals surface area contributed by atoms with Crippen molar-refractivity contribution in [3.05, 3.63) is 35.4 Å². The predicted molar refractivity (Wildman–Crippen MR) is 65.5 cm³/mol. The van der Waals surface area contributed by atoms with Crippen LogP contribution in [-0.4, -0.2) is 15.5 Å². The molecular formula is C12H16NOS. The minimum absolute atomic E-state index is 0.304. The van der Waals surface area contributed by atoms with Crippen LogP contribution >= 0.6 is 0 Å². The molecular weight excluding hydrogens is 206 g/mol. The van der Waals surface area contributed by atoms with Crippen molar-refractivity contribution in [1.29, 1.82) is 0 Å². The predicted octanol–water partition coefficient (Wildman–Crippen LogP) is 2.68. The van der Waals surface area contributed by atoms with Crippen LogP contribution in [-0.2, 0) is 11.4 Å². The Morgan fingerprint density at radius 3 is 2.53 bits per heavy atom. The molecule has 0 fully saturated rings. The zero-order valence-electron chi connectivity index (χ0n) is 9.57. The highest BCUT2D eigenvalue weighted by Crippen LogP contribution is 2.16. The monoisotopic (exact) mass is 222 g/mol. The average Bonchev–Trinajstić information content (AvgIpc) is 2.15. The molecule has 1 rings (SSSR count). The first-order valence-corrected chi connectivity index (χ1v) is 5.95. The van der Waals surface area contributed by atoms with Crippen molar-refractivity contribution in [2.24, 2.45) is 4.40 Å². The van der Waals surface area contributed by atoms with Crippen LogP contribution in [0.2, 0.25) is 0 Å². The van der Waals surface area contributed by atoms with Crippen LogP contribution in [0.4, 0.5) is 0 Å². The smallest absolute Gasteiger partial charge is 0.144 e. The quantitative estimate of drug-likeness (QED) is 0.559. The second kappa shape index (κ2) is 4.81. The fraction of sp³-hybridized carbons (Fsp3) is 0.417. The molecule has 0 spiro atoms. The van der Waals surface area contributed by atoms with Gasteiger partial charge in [0.25, 0.3) is 0 Å². The summed E-state index contributed by atoms with van der Waals surface area (Å²) in [5.74, 6) is 0. The third-order valence-electron chi connectivity index (χ3n) is 1.80. The number of rotatable bonds is 2. The zero-order valence-corrected chi connectivity index (χ0v) is 10.4. The molecule has 0 heterocycles. The van der Waals surface area contributed by atoms with Gasteiger partial charge >= 0.3 is 0 Å². The van der Waals surface area contributed by atoms with E-state index in [9.17, 15) is 4.55 Å². The lowest BCUT2D eigenvalue weighted by Crippen LogP contribution is -2.25. The van der Waals surface area contributed by atoms with E-state index in [1.165, 1.54) is 0 Å². The SMILES string of the molecule is Cc1c[c]c(/C=N/[S@@+]([O-])C(C)(C)C)cc1. The third kappa shape index (κ3) is 4.06. The van der Waals surface area contributed by atoms with Gasteiger partial charge in [0.15, 0.2) is 0 Å². The molecule has 0 unspecified atom stereocenters. The number of benzene rings is 1. The van der Waals surface area contributed by atoms with Crippen LogP contribution in [0.1, 0.15) is 31.9 Å². The fourth-order valence-corrected chi connectivity index (χ4v) is 1.38. The first-order valence-electron chi connectivity index (χ1n) is 4.84. The first-order chi connectivity index (χ1) is 6.89. The molecule has 0 N–H and O–H groups in total. The molecule has 1 aromatic carbocycles. The Hall–Kier alpha value is -0.800. The second-order valence-corrected chi connectivity index (χ2v) is 6.35. The van der Waals surface area contributed by atoms with Crippen molar-refractivity contribution >= 4 is 17.6 Å². The summed E-state index contributed by atoms with van der Waals surface area (Å²) in [6, 6.07) is 8.85. The third-order valence-corrected chi connectivity index (χ3v) is 3.15. The second-order valence-electron chi connectivity index (χ2n) is 4.42. The lowest BCUT2D eigenvalue weighted by Gasteiger charge is -2.17. The lowest BCUT2D eigenvalue weighted by atomic mass is 10.2. The number of aryl methyl sites for hydroxylation is 1. The lowest BCUT2D eigenvalue weighted by molar-refractivity contribution is 0.562. The van der Waals surface area contributed by atoms with Gasteiger partial charge in [-0.3, -0.25) is 0 Å². The molecule has 1 atom stereocenters. The summed E-state index contributed by atoms with van der Waals surface area (Å²) in [4.78, 5) is 0. The maximum Gasteiger partial charge on any atom is 0.144 e. The molecule has 0 bridgehead atoms. The molecule has 0 aromatic heterocycles. The summed E-state index contributed by atoms with van der Waals surface area (Å²) >= 11 is -1.19. The maximum atomic E-state index is 11.6. The van der Waals surface area contributed by atoms with E-state index in [0.29, 0.717) is 0 Å². The topological polar surface area (TPSA) is 35.4 Å². The van der Waals surface area contributed by atoms with Crippen molar-refractivity contribution < 1.29 is 4.55 Å². The number of nitrogens with zero attached hydrogens (tertiary/aromatic N) is 1. The highest BCUT2D eigenvalue weighted by atomic mass is 32.2. The summed E-state index contributed by atoms with van der Waals surface area (Å²) < 4.78 is 15.3. The van der Waals surface area contributed by atoms with Gasteiger partial charge in [-0.25, -0.2) is 0 Å². The summed E-state index contributed by atoms with van der Waals surface area (Å²) in [6.45, 7) is 7.71. The molecule has 1 aromatic rings. The van der Waals surface area contributed by atoms with E-state index >= 15 is 0 Å². The Morgan fingerprint density at radius 2 is 2.07 bits per heavy atom. The first kappa shape index (κ1) is 12.3. The van der Waals surface area contributed by atoms with Crippen LogP contribution in [0.25, 0.3) is 0 Å². The van der Waals surface area contributed by atoms with Gasteiger partial charge in [0, 0.05) is 5.56 Å². The van der Waals surface area contributed by atoms with E-state index in [2.05, 4.69) is 10.5 Å². The molecule has 0 aliphatic heterocycles. The maximum absolute atomic E-state index is 11.6. The number of hydrogen-bond donors (Lipinski definition) is 0. The molecule has 2 nitrogen and oxygen atoms in total. The Morgan fingerprint density at radius 1 is 1.40 bits per heavy atom. The van der Waals surface area contributed by atoms with Gasteiger partial charge in [-0.05, 0) is 33.8 Å². The van der Waals surface area contributed by atoms with Gasteiger partial charge in [0.05, 0.1) is 6.21 Å². The molecule has 15 heavy (non-hydrogen) atoms. The Bertz CT molecular complexity index is 338.